The zero-order valence-corrected chi connectivity index (χ0v) is 10.5. The Morgan fingerprint density at radius 2 is 1.82 bits per heavy atom. The molecule has 0 aromatic heterocycles. The number of hydrogen-bond acceptors (Lipinski definition) is 2. The molecule has 1 aromatic rings. The fraction of sp³-hybridized carbons (Fsp3) is 0.571. The molecule has 0 spiro atoms. The third-order valence-electron chi connectivity index (χ3n) is 3.71. The normalized spacial score (nSPS) is 20.4. The number of hydrogen-bond donors (Lipinski definition) is 0. The summed E-state index contributed by atoms with van der Waals surface area (Å²) in [5.41, 5.74) is 1.18. The fourth-order valence-electron chi connectivity index (χ4n) is 2.45. The fourth-order valence-corrected chi connectivity index (χ4v) is 2.45. The first-order valence-electron chi connectivity index (χ1n) is 6.23. The summed E-state index contributed by atoms with van der Waals surface area (Å²) < 4.78 is 18.2. The van der Waals surface area contributed by atoms with Crippen molar-refractivity contribution < 1.29 is 9.13 Å². The molecule has 17 heavy (non-hydrogen) atoms. The molecule has 1 atom stereocenters. The van der Waals surface area contributed by atoms with Gasteiger partial charge in [0.25, 0.3) is 0 Å². The minimum absolute atomic E-state index is 0.168. The zero-order valence-electron chi connectivity index (χ0n) is 10.5. The van der Waals surface area contributed by atoms with E-state index >= 15 is 0 Å². The van der Waals surface area contributed by atoms with Gasteiger partial charge in [-0.25, -0.2) is 4.39 Å². The number of piperidine rings is 1. The second-order valence-corrected chi connectivity index (χ2v) is 4.70. The van der Waals surface area contributed by atoms with Gasteiger partial charge < -0.3 is 4.74 Å². The molecular formula is C14H20FNO. The highest BCUT2D eigenvalue weighted by molar-refractivity contribution is 5.19. The molecule has 0 bridgehead atoms. The van der Waals surface area contributed by atoms with Gasteiger partial charge in [0, 0.05) is 26.2 Å². The van der Waals surface area contributed by atoms with Crippen LogP contribution in [0.4, 0.5) is 4.39 Å². The van der Waals surface area contributed by atoms with Gasteiger partial charge in [-0.2, -0.15) is 0 Å². The Morgan fingerprint density at radius 3 is 2.35 bits per heavy atom. The first kappa shape index (κ1) is 12.5. The molecule has 1 saturated heterocycles. The number of benzene rings is 1. The minimum Gasteiger partial charge on any atom is -0.381 e. The van der Waals surface area contributed by atoms with Crippen LogP contribution in [0.2, 0.25) is 0 Å². The van der Waals surface area contributed by atoms with E-state index in [1.807, 2.05) is 12.1 Å². The van der Waals surface area contributed by atoms with Crippen LogP contribution in [-0.4, -0.2) is 31.2 Å². The topological polar surface area (TPSA) is 12.5 Å². The van der Waals surface area contributed by atoms with E-state index in [1.54, 1.807) is 7.11 Å². The highest BCUT2D eigenvalue weighted by Crippen LogP contribution is 2.24. The average molecular weight is 237 g/mol. The van der Waals surface area contributed by atoms with Crippen molar-refractivity contribution in [3.63, 3.8) is 0 Å². The van der Waals surface area contributed by atoms with Crippen LogP contribution in [0, 0.1) is 5.82 Å². The smallest absolute Gasteiger partial charge is 0.123 e. The van der Waals surface area contributed by atoms with Crippen LogP contribution in [0.3, 0.4) is 0 Å². The number of methoxy groups -OCH3 is 1. The van der Waals surface area contributed by atoms with E-state index in [-0.39, 0.29) is 5.82 Å². The second kappa shape index (κ2) is 5.61. The van der Waals surface area contributed by atoms with Crippen LogP contribution in [0.5, 0.6) is 0 Å². The summed E-state index contributed by atoms with van der Waals surface area (Å²) >= 11 is 0. The molecule has 1 aliphatic rings. The van der Waals surface area contributed by atoms with Gasteiger partial charge in [0.2, 0.25) is 0 Å². The van der Waals surface area contributed by atoms with Crippen molar-refractivity contribution >= 4 is 0 Å². The van der Waals surface area contributed by atoms with Crippen LogP contribution in [0.1, 0.15) is 31.4 Å². The van der Waals surface area contributed by atoms with Crippen molar-refractivity contribution in [3.05, 3.63) is 35.6 Å². The van der Waals surface area contributed by atoms with Crippen LogP contribution in [0.25, 0.3) is 0 Å². The molecule has 0 N–H and O–H groups in total. The number of nitrogens with zero attached hydrogens (tertiary/aromatic N) is 1. The minimum atomic E-state index is -0.168. The van der Waals surface area contributed by atoms with Gasteiger partial charge in [-0.1, -0.05) is 12.1 Å². The van der Waals surface area contributed by atoms with Crippen LogP contribution >= 0.6 is 0 Å². The summed E-state index contributed by atoms with van der Waals surface area (Å²) in [6.45, 7) is 4.29. The highest BCUT2D eigenvalue weighted by atomic mass is 19.1. The molecule has 3 heteroatoms. The van der Waals surface area contributed by atoms with Crippen molar-refractivity contribution in [1.29, 1.82) is 0 Å². The zero-order chi connectivity index (χ0) is 12.3. The van der Waals surface area contributed by atoms with Gasteiger partial charge in [-0.15, -0.1) is 0 Å². The van der Waals surface area contributed by atoms with Gasteiger partial charge in [-0.05, 0) is 37.5 Å². The number of rotatable bonds is 3. The molecule has 0 amide bonds. The predicted molar refractivity (Wildman–Crippen MR) is 66.4 cm³/mol. The predicted octanol–water partition coefficient (Wildman–Crippen LogP) is 3.00. The standard InChI is InChI=1S/C14H20FNO/c1-11(12-3-5-13(15)6-4-12)16-9-7-14(17-2)8-10-16/h3-6,11,14H,7-10H2,1-2H3. The Bertz CT molecular complexity index is 344. The van der Waals surface area contributed by atoms with E-state index in [1.165, 1.54) is 17.7 Å². The third kappa shape index (κ3) is 3.05. The maximum atomic E-state index is 12.9. The first-order chi connectivity index (χ1) is 8.20. The summed E-state index contributed by atoms with van der Waals surface area (Å²) in [6.07, 6.45) is 2.58. The average Bonchev–Trinajstić information content (AvgIpc) is 2.39. The quantitative estimate of drug-likeness (QED) is 0.801. The third-order valence-corrected chi connectivity index (χ3v) is 3.71. The Balaban J connectivity index is 1.96. The number of likely N-dealkylation sites (tertiary alicyclic amines) is 1. The van der Waals surface area contributed by atoms with Gasteiger partial charge >= 0.3 is 0 Å². The van der Waals surface area contributed by atoms with Crippen molar-refractivity contribution in [2.75, 3.05) is 20.2 Å². The van der Waals surface area contributed by atoms with Crippen LogP contribution in [-0.2, 0) is 4.74 Å². The van der Waals surface area contributed by atoms with E-state index in [0.717, 1.165) is 25.9 Å². The molecule has 0 aliphatic carbocycles. The van der Waals surface area contributed by atoms with E-state index in [0.29, 0.717) is 12.1 Å². The Hall–Kier alpha value is -0.930. The van der Waals surface area contributed by atoms with Crippen molar-refractivity contribution in [3.8, 4) is 0 Å². The van der Waals surface area contributed by atoms with E-state index in [2.05, 4.69) is 11.8 Å². The van der Waals surface area contributed by atoms with Crippen molar-refractivity contribution in [2.24, 2.45) is 0 Å². The van der Waals surface area contributed by atoms with Crippen LogP contribution in [0.15, 0.2) is 24.3 Å². The van der Waals surface area contributed by atoms with E-state index in [9.17, 15) is 4.39 Å². The summed E-state index contributed by atoms with van der Waals surface area (Å²) in [5.74, 6) is -0.168. The molecule has 1 aliphatic heterocycles. The molecule has 1 aromatic carbocycles. The molecule has 1 fully saturated rings. The summed E-state index contributed by atoms with van der Waals surface area (Å²) in [7, 11) is 1.78. The lowest BCUT2D eigenvalue weighted by atomic mass is 10.0. The first-order valence-corrected chi connectivity index (χ1v) is 6.23. The van der Waals surface area contributed by atoms with Crippen molar-refractivity contribution in [2.45, 2.75) is 31.9 Å². The molecule has 1 unspecified atom stereocenters. The molecule has 1 heterocycles. The number of halogens is 1. The molecule has 2 nitrogen and oxygen atoms in total. The van der Waals surface area contributed by atoms with Gasteiger partial charge in [0.15, 0.2) is 0 Å². The largest absolute Gasteiger partial charge is 0.381 e. The summed E-state index contributed by atoms with van der Waals surface area (Å²) in [4.78, 5) is 2.43. The monoisotopic (exact) mass is 237 g/mol. The van der Waals surface area contributed by atoms with E-state index in [4.69, 9.17) is 4.74 Å². The van der Waals surface area contributed by atoms with Gasteiger partial charge in [-0.3, -0.25) is 4.90 Å². The SMILES string of the molecule is COC1CCN(C(C)c2ccc(F)cc2)CC1. The second-order valence-electron chi connectivity index (χ2n) is 4.70. The summed E-state index contributed by atoms with van der Waals surface area (Å²) in [5, 5.41) is 0. The van der Waals surface area contributed by atoms with Gasteiger partial charge in [0.1, 0.15) is 5.82 Å². The lowest BCUT2D eigenvalue weighted by molar-refractivity contribution is 0.0295. The van der Waals surface area contributed by atoms with Crippen molar-refractivity contribution in [1.82, 2.24) is 4.90 Å². The van der Waals surface area contributed by atoms with Gasteiger partial charge in [0.05, 0.1) is 6.10 Å². The lowest BCUT2D eigenvalue weighted by Crippen LogP contribution is -2.38. The maximum Gasteiger partial charge on any atom is 0.123 e. The number of ether oxygens (including phenoxy) is 1. The lowest BCUT2D eigenvalue weighted by Gasteiger charge is -2.35. The highest BCUT2D eigenvalue weighted by Gasteiger charge is 2.23. The molecular weight excluding hydrogens is 217 g/mol. The van der Waals surface area contributed by atoms with E-state index < -0.39 is 0 Å². The molecule has 94 valence electrons. The molecule has 0 radical (unpaired) electrons. The van der Waals surface area contributed by atoms with Crippen LogP contribution < -0.4 is 0 Å². The Morgan fingerprint density at radius 1 is 1.24 bits per heavy atom. The Kier molecular flexibility index (Phi) is 4.13. The molecule has 2 rings (SSSR count). The Labute approximate surface area is 102 Å². The summed E-state index contributed by atoms with van der Waals surface area (Å²) in [6, 6.07) is 7.18. The molecule has 0 saturated carbocycles. The maximum absolute atomic E-state index is 12.9.